The van der Waals surface area contributed by atoms with Gasteiger partial charge in [0.05, 0.1) is 16.4 Å². The Hall–Kier alpha value is -3.78. The normalized spacial score (nSPS) is 14.8. The van der Waals surface area contributed by atoms with Crippen molar-refractivity contribution in [3.05, 3.63) is 94.9 Å². The Labute approximate surface area is 224 Å². The van der Waals surface area contributed by atoms with Crippen LogP contribution in [-0.2, 0) is 0 Å². The topological polar surface area (TPSA) is 83.5 Å². The molecule has 1 saturated heterocycles. The summed E-state index contributed by atoms with van der Waals surface area (Å²) in [4.78, 5) is 14.9. The predicted octanol–water partition coefficient (Wildman–Crippen LogP) is 6.06. The van der Waals surface area contributed by atoms with Gasteiger partial charge in [-0.1, -0.05) is 43.0 Å². The van der Waals surface area contributed by atoms with Crippen LogP contribution < -0.4 is 5.32 Å². The van der Waals surface area contributed by atoms with Gasteiger partial charge in [0.1, 0.15) is 17.2 Å². The molecule has 0 bridgehead atoms. The maximum atomic E-state index is 13.0. The first-order chi connectivity index (χ1) is 17.9. The lowest BCUT2D eigenvalue weighted by Crippen LogP contribution is -2.40. The summed E-state index contributed by atoms with van der Waals surface area (Å²) in [7, 11) is 0. The minimum atomic E-state index is -0.0563. The zero-order chi connectivity index (χ0) is 25.9. The molecule has 1 aliphatic rings. The van der Waals surface area contributed by atoms with E-state index in [4.69, 9.17) is 4.42 Å². The summed E-state index contributed by atoms with van der Waals surface area (Å²) in [6.07, 6.45) is 5.43. The minimum absolute atomic E-state index is 0.0563. The number of aromatic hydroxyl groups is 1. The highest BCUT2D eigenvalue weighted by atomic mass is 79.9. The lowest BCUT2D eigenvalue weighted by molar-refractivity contribution is 0.0661. The molecule has 7 nitrogen and oxygen atoms in total. The number of furan rings is 1. The molecule has 0 atom stereocenters. The Morgan fingerprint density at radius 1 is 1.22 bits per heavy atom. The third kappa shape index (κ3) is 5.34. The molecule has 0 spiro atoms. The number of likely N-dealkylation sites (tertiary alicyclic amines) is 1. The number of phenols is 1. The van der Waals surface area contributed by atoms with Crippen LogP contribution in [-0.4, -0.2) is 45.3 Å². The van der Waals surface area contributed by atoms with Crippen LogP contribution >= 0.6 is 15.9 Å². The molecule has 0 unspecified atom stereocenters. The Morgan fingerprint density at radius 2 is 1.95 bits per heavy atom. The number of piperidine rings is 1. The summed E-state index contributed by atoms with van der Waals surface area (Å²) in [6.45, 7) is 8.24. The van der Waals surface area contributed by atoms with Crippen LogP contribution in [0.1, 0.15) is 34.7 Å². The van der Waals surface area contributed by atoms with Gasteiger partial charge in [0.25, 0.3) is 5.91 Å². The monoisotopic (exact) mass is 560 g/mol. The molecule has 0 radical (unpaired) electrons. The summed E-state index contributed by atoms with van der Waals surface area (Å²) in [5, 5.41) is 19.3. The molecule has 37 heavy (non-hydrogen) atoms. The van der Waals surface area contributed by atoms with Gasteiger partial charge in [0.15, 0.2) is 5.76 Å². The highest BCUT2D eigenvalue weighted by molar-refractivity contribution is 9.10. The van der Waals surface area contributed by atoms with Gasteiger partial charge < -0.3 is 19.7 Å². The molecule has 3 heterocycles. The number of amides is 1. The van der Waals surface area contributed by atoms with Crippen molar-refractivity contribution in [2.24, 2.45) is 5.92 Å². The highest BCUT2D eigenvalue weighted by Crippen LogP contribution is 2.27. The molecule has 8 heteroatoms. The maximum absolute atomic E-state index is 13.0. The van der Waals surface area contributed by atoms with E-state index in [1.807, 2.05) is 65.0 Å². The van der Waals surface area contributed by atoms with Gasteiger partial charge in [0.2, 0.25) is 0 Å². The first kappa shape index (κ1) is 24.9. The third-order valence-corrected chi connectivity index (χ3v) is 7.63. The Bertz CT molecular complexity index is 1440. The van der Waals surface area contributed by atoms with Crippen molar-refractivity contribution in [1.82, 2.24) is 20.0 Å². The summed E-state index contributed by atoms with van der Waals surface area (Å²) in [6, 6.07) is 16.6. The van der Waals surface area contributed by atoms with Crippen LogP contribution in [0.2, 0.25) is 0 Å². The molecule has 1 aliphatic heterocycles. The van der Waals surface area contributed by atoms with E-state index < -0.39 is 0 Å². The van der Waals surface area contributed by atoms with E-state index in [-0.39, 0.29) is 11.7 Å². The SMILES string of the molecule is C=C(/C=C(/NCC1CCN(C(=O)c2cc3ccccc3o2)CC1)n1ncc(Br)c1C)c1ccccc1O. The van der Waals surface area contributed by atoms with Gasteiger partial charge in [0, 0.05) is 30.6 Å². The van der Waals surface area contributed by atoms with E-state index in [1.54, 1.807) is 18.3 Å². The number of nitrogens with one attached hydrogen (secondary N) is 1. The van der Waals surface area contributed by atoms with Crippen molar-refractivity contribution in [2.75, 3.05) is 19.6 Å². The minimum Gasteiger partial charge on any atom is -0.507 e. The van der Waals surface area contributed by atoms with Crippen molar-refractivity contribution < 1.29 is 14.3 Å². The Balaban J connectivity index is 1.25. The van der Waals surface area contributed by atoms with E-state index in [9.17, 15) is 9.90 Å². The maximum Gasteiger partial charge on any atom is 0.289 e. The molecule has 2 N–H and O–H groups in total. The zero-order valence-corrected chi connectivity index (χ0v) is 22.2. The number of carbonyl (C=O) groups is 1. The number of carbonyl (C=O) groups excluding carboxylic acids is 1. The fourth-order valence-electron chi connectivity index (χ4n) is 4.64. The standard InChI is InChI=1S/C29H29BrN4O3/c1-19(23-8-4-5-9-25(23)35)15-28(34-20(2)24(30)18-32-34)31-17-21-11-13-33(14-12-21)29(36)27-16-22-7-3-6-10-26(22)37-27/h3-10,15-16,18,21,31,35H,1,11-14,17H2,2H3/b28-15-. The fourth-order valence-corrected chi connectivity index (χ4v) is 4.90. The van der Waals surface area contributed by atoms with E-state index in [0.717, 1.165) is 46.3 Å². The number of para-hydroxylation sites is 2. The molecule has 0 saturated carbocycles. The van der Waals surface area contributed by atoms with E-state index in [0.29, 0.717) is 35.9 Å². The number of hydrogen-bond donors (Lipinski definition) is 2. The summed E-state index contributed by atoms with van der Waals surface area (Å²) >= 11 is 3.54. The average Bonchev–Trinajstić information content (AvgIpc) is 3.49. The van der Waals surface area contributed by atoms with Crippen LogP contribution in [0.4, 0.5) is 0 Å². The first-order valence-electron chi connectivity index (χ1n) is 12.3. The lowest BCUT2D eigenvalue weighted by Gasteiger charge is -2.32. The number of halogens is 1. The third-order valence-electron chi connectivity index (χ3n) is 6.85. The first-order valence-corrected chi connectivity index (χ1v) is 13.1. The highest BCUT2D eigenvalue weighted by Gasteiger charge is 2.26. The second-order valence-electron chi connectivity index (χ2n) is 9.33. The van der Waals surface area contributed by atoms with E-state index >= 15 is 0 Å². The second kappa shape index (κ2) is 10.7. The van der Waals surface area contributed by atoms with Crippen LogP contribution in [0.5, 0.6) is 5.75 Å². The molecule has 1 amide bonds. The number of rotatable bonds is 7. The van der Waals surface area contributed by atoms with E-state index in [1.165, 1.54) is 0 Å². The Morgan fingerprint density at radius 3 is 2.65 bits per heavy atom. The van der Waals surface area contributed by atoms with Crippen LogP contribution in [0, 0.1) is 12.8 Å². The van der Waals surface area contributed by atoms with Gasteiger partial charge in [-0.3, -0.25) is 4.79 Å². The van der Waals surface area contributed by atoms with Gasteiger partial charge in [-0.25, -0.2) is 4.68 Å². The van der Waals surface area contributed by atoms with Crippen molar-refractivity contribution in [3.63, 3.8) is 0 Å². The van der Waals surface area contributed by atoms with Crippen molar-refractivity contribution in [2.45, 2.75) is 19.8 Å². The number of benzene rings is 2. The molecule has 2 aromatic carbocycles. The molecule has 4 aromatic rings. The van der Waals surface area contributed by atoms with Gasteiger partial charge in [-0.05, 0) is 71.5 Å². The average molecular weight is 561 g/mol. The molecular weight excluding hydrogens is 532 g/mol. The predicted molar refractivity (Wildman–Crippen MR) is 149 cm³/mol. The fraction of sp³-hybridized carbons (Fsp3) is 0.241. The molecule has 190 valence electrons. The molecule has 5 rings (SSSR count). The van der Waals surface area contributed by atoms with Crippen molar-refractivity contribution in [1.29, 1.82) is 0 Å². The van der Waals surface area contributed by atoms with Crippen molar-refractivity contribution >= 4 is 44.2 Å². The van der Waals surface area contributed by atoms with Gasteiger partial charge in [-0.2, -0.15) is 5.10 Å². The molecule has 1 fully saturated rings. The number of aromatic nitrogens is 2. The summed E-state index contributed by atoms with van der Waals surface area (Å²) in [5.41, 5.74) is 3.03. The summed E-state index contributed by atoms with van der Waals surface area (Å²) in [5.74, 6) is 1.69. The van der Waals surface area contributed by atoms with Crippen LogP contribution in [0.3, 0.4) is 0 Å². The summed E-state index contributed by atoms with van der Waals surface area (Å²) < 4.78 is 8.52. The number of nitrogens with zero attached hydrogens (tertiary/aromatic N) is 3. The zero-order valence-electron chi connectivity index (χ0n) is 20.7. The number of phenolic OH excluding ortho intramolecular Hbond substituents is 1. The smallest absolute Gasteiger partial charge is 0.289 e. The van der Waals surface area contributed by atoms with Crippen LogP contribution in [0.15, 0.2) is 82.3 Å². The van der Waals surface area contributed by atoms with Gasteiger partial charge >= 0.3 is 0 Å². The molecular formula is C29H29BrN4O3. The molecule has 0 aliphatic carbocycles. The molecule has 2 aromatic heterocycles. The van der Waals surface area contributed by atoms with Crippen LogP contribution in [0.25, 0.3) is 22.4 Å². The van der Waals surface area contributed by atoms with Crippen molar-refractivity contribution in [3.8, 4) is 5.75 Å². The lowest BCUT2D eigenvalue weighted by atomic mass is 9.96. The van der Waals surface area contributed by atoms with Gasteiger partial charge in [-0.15, -0.1) is 0 Å². The number of allylic oxidation sites excluding steroid dienone is 2. The second-order valence-corrected chi connectivity index (χ2v) is 10.2. The number of hydrogen-bond acceptors (Lipinski definition) is 5. The number of fused-ring (bicyclic) bond motifs is 1. The largest absolute Gasteiger partial charge is 0.507 e. The Kier molecular flexibility index (Phi) is 7.19. The van der Waals surface area contributed by atoms with E-state index in [2.05, 4.69) is 32.9 Å². The quantitative estimate of drug-likeness (QED) is 0.268.